The molecule has 0 amide bonds. The summed E-state index contributed by atoms with van der Waals surface area (Å²) in [6, 6.07) is 5.28. The lowest BCUT2D eigenvalue weighted by atomic mass is 9.94. The van der Waals surface area contributed by atoms with Crippen molar-refractivity contribution in [1.29, 1.82) is 0 Å². The van der Waals surface area contributed by atoms with Crippen molar-refractivity contribution in [2.24, 2.45) is 5.92 Å². The summed E-state index contributed by atoms with van der Waals surface area (Å²) in [6.07, 6.45) is 0.853. The van der Waals surface area contributed by atoms with E-state index >= 15 is 0 Å². The second-order valence-electron chi connectivity index (χ2n) is 3.46. The summed E-state index contributed by atoms with van der Waals surface area (Å²) < 4.78 is 14.1. The summed E-state index contributed by atoms with van der Waals surface area (Å²) in [4.78, 5) is 0. The second kappa shape index (κ2) is 4.89. The highest BCUT2D eigenvalue weighted by Gasteiger charge is 2.18. The summed E-state index contributed by atoms with van der Waals surface area (Å²) in [5, 5.41) is 3.18. The fraction of sp³-hybridized carbons (Fsp3) is 0.455. The van der Waals surface area contributed by atoms with Crippen LogP contribution in [-0.2, 0) is 6.42 Å². The lowest BCUT2D eigenvalue weighted by Gasteiger charge is -2.27. The van der Waals surface area contributed by atoms with E-state index in [1.54, 1.807) is 0 Å². The van der Waals surface area contributed by atoms with Gasteiger partial charge in [-0.15, -0.1) is 0 Å². The second-order valence-corrected chi connectivity index (χ2v) is 4.38. The molecule has 1 heterocycles. The molecule has 0 aromatic heterocycles. The minimum Gasteiger partial charge on any atom is -0.316 e. The van der Waals surface area contributed by atoms with Crippen LogP contribution in [0.3, 0.4) is 0 Å². The zero-order chi connectivity index (χ0) is 9.26. The van der Waals surface area contributed by atoms with Gasteiger partial charge >= 0.3 is 0 Å². The van der Waals surface area contributed by atoms with Crippen LogP contribution in [0.5, 0.6) is 0 Å². The largest absolute Gasteiger partial charge is 0.316 e. The number of hydrogen-bond acceptors (Lipinski definition) is 1. The minimum atomic E-state index is -0.0960. The maximum absolute atomic E-state index is 13.3. The van der Waals surface area contributed by atoms with Gasteiger partial charge in [0.25, 0.3) is 0 Å². The molecule has 0 radical (unpaired) electrons. The van der Waals surface area contributed by atoms with Crippen molar-refractivity contribution in [2.45, 2.75) is 13.8 Å². The van der Waals surface area contributed by atoms with Crippen LogP contribution in [0.2, 0.25) is 0 Å². The molecule has 0 atom stereocenters. The van der Waals surface area contributed by atoms with Crippen molar-refractivity contribution < 1.29 is 4.39 Å². The molecule has 78 valence electrons. The van der Waals surface area contributed by atoms with Crippen molar-refractivity contribution in [2.75, 3.05) is 13.1 Å². The van der Waals surface area contributed by atoms with Crippen LogP contribution in [0.15, 0.2) is 22.7 Å². The van der Waals surface area contributed by atoms with Gasteiger partial charge in [-0.05, 0) is 43.1 Å². The molecule has 1 aliphatic heterocycles. The van der Waals surface area contributed by atoms with Crippen molar-refractivity contribution >= 4 is 15.9 Å². The third kappa shape index (κ3) is 2.55. The van der Waals surface area contributed by atoms with E-state index in [-0.39, 0.29) is 13.2 Å². The molecule has 1 nitrogen and oxygen atoms in total. The number of rotatable bonds is 2. The fourth-order valence-corrected chi connectivity index (χ4v) is 1.82. The molecule has 1 aromatic carbocycles. The Hall–Kier alpha value is -0.410. The molecule has 0 bridgehead atoms. The summed E-state index contributed by atoms with van der Waals surface area (Å²) in [5.74, 6) is 0.525. The number of halogens is 2. The van der Waals surface area contributed by atoms with Crippen LogP contribution in [0.4, 0.5) is 4.39 Å². The van der Waals surface area contributed by atoms with Crippen LogP contribution in [0, 0.1) is 11.7 Å². The fourth-order valence-electron chi connectivity index (χ4n) is 1.49. The van der Waals surface area contributed by atoms with Crippen LogP contribution in [-0.4, -0.2) is 13.1 Å². The first-order chi connectivity index (χ1) is 6.25. The Morgan fingerprint density at radius 3 is 2.64 bits per heavy atom. The van der Waals surface area contributed by atoms with Gasteiger partial charge in [0.1, 0.15) is 5.82 Å². The van der Waals surface area contributed by atoms with E-state index in [1.165, 1.54) is 6.07 Å². The van der Waals surface area contributed by atoms with Gasteiger partial charge in [0.05, 0.1) is 0 Å². The first-order valence-electron chi connectivity index (χ1n) is 4.40. The molecule has 1 aliphatic rings. The van der Waals surface area contributed by atoms with E-state index in [1.807, 2.05) is 12.1 Å². The summed E-state index contributed by atoms with van der Waals surface area (Å²) >= 11 is 3.24. The van der Waals surface area contributed by atoms with Gasteiger partial charge in [-0.3, -0.25) is 0 Å². The zero-order valence-electron chi connectivity index (χ0n) is 7.19. The SMILES string of the molecule is C.Fc1cc(Br)ccc1CC1CNC1. The Morgan fingerprint density at radius 1 is 1.43 bits per heavy atom. The Bertz CT molecular complexity index is 310. The summed E-state index contributed by atoms with van der Waals surface area (Å²) in [6.45, 7) is 2.05. The van der Waals surface area contributed by atoms with E-state index in [9.17, 15) is 4.39 Å². The van der Waals surface area contributed by atoms with Gasteiger partial charge in [-0.1, -0.05) is 29.4 Å². The van der Waals surface area contributed by atoms with Gasteiger partial charge in [-0.2, -0.15) is 0 Å². The zero-order valence-corrected chi connectivity index (χ0v) is 8.77. The molecular weight excluding hydrogens is 245 g/mol. The molecule has 2 rings (SSSR count). The topological polar surface area (TPSA) is 12.0 Å². The van der Waals surface area contributed by atoms with E-state index in [2.05, 4.69) is 21.2 Å². The predicted octanol–water partition coefficient (Wildman–Crippen LogP) is 2.99. The average molecular weight is 260 g/mol. The third-order valence-corrected chi connectivity index (χ3v) is 2.88. The van der Waals surface area contributed by atoms with Crippen LogP contribution >= 0.6 is 15.9 Å². The third-order valence-electron chi connectivity index (χ3n) is 2.39. The predicted molar refractivity (Wildman–Crippen MR) is 60.9 cm³/mol. The molecule has 1 aromatic rings. The van der Waals surface area contributed by atoms with E-state index in [0.29, 0.717) is 5.92 Å². The van der Waals surface area contributed by atoms with Crippen LogP contribution < -0.4 is 5.32 Å². The normalized spacial score (nSPS) is 15.9. The summed E-state index contributed by atoms with van der Waals surface area (Å²) in [5.41, 5.74) is 0.828. The molecule has 3 heteroatoms. The van der Waals surface area contributed by atoms with Crippen LogP contribution in [0.1, 0.15) is 13.0 Å². The highest BCUT2D eigenvalue weighted by Crippen LogP contribution is 2.19. The van der Waals surface area contributed by atoms with Gasteiger partial charge < -0.3 is 5.32 Å². The molecule has 0 unspecified atom stereocenters. The molecule has 0 spiro atoms. The number of hydrogen-bond donors (Lipinski definition) is 1. The van der Waals surface area contributed by atoms with E-state index in [4.69, 9.17) is 0 Å². The van der Waals surface area contributed by atoms with Gasteiger partial charge in [0.2, 0.25) is 0 Å². The van der Waals surface area contributed by atoms with Gasteiger partial charge in [-0.25, -0.2) is 4.39 Å². The average Bonchev–Trinajstić information content (AvgIpc) is 1.99. The molecule has 1 saturated heterocycles. The number of benzene rings is 1. The molecule has 0 aliphatic carbocycles. The van der Waals surface area contributed by atoms with Crippen molar-refractivity contribution in [3.8, 4) is 0 Å². The van der Waals surface area contributed by atoms with Crippen molar-refractivity contribution in [3.05, 3.63) is 34.1 Å². The van der Waals surface area contributed by atoms with Crippen LogP contribution in [0.25, 0.3) is 0 Å². The quantitative estimate of drug-likeness (QED) is 0.862. The first kappa shape index (κ1) is 11.7. The molecule has 1 fully saturated rings. The lowest BCUT2D eigenvalue weighted by Crippen LogP contribution is -2.43. The lowest BCUT2D eigenvalue weighted by molar-refractivity contribution is 0.343. The van der Waals surface area contributed by atoms with E-state index < -0.39 is 0 Å². The Kier molecular flexibility index (Phi) is 4.08. The summed E-state index contributed by atoms with van der Waals surface area (Å²) in [7, 11) is 0. The van der Waals surface area contributed by atoms with Gasteiger partial charge in [0, 0.05) is 4.47 Å². The Balaban J connectivity index is 0.000000980. The van der Waals surface area contributed by atoms with Gasteiger partial charge in [0.15, 0.2) is 0 Å². The molecule has 0 saturated carbocycles. The molecule has 1 N–H and O–H groups in total. The highest BCUT2D eigenvalue weighted by atomic mass is 79.9. The molecule has 14 heavy (non-hydrogen) atoms. The molecular formula is C11H15BrFN. The van der Waals surface area contributed by atoms with Crippen molar-refractivity contribution in [3.63, 3.8) is 0 Å². The minimum absolute atomic E-state index is 0. The maximum Gasteiger partial charge on any atom is 0.127 e. The van der Waals surface area contributed by atoms with E-state index in [0.717, 1.165) is 29.5 Å². The highest BCUT2D eigenvalue weighted by molar-refractivity contribution is 9.10. The van der Waals surface area contributed by atoms with Crippen molar-refractivity contribution in [1.82, 2.24) is 5.32 Å². The maximum atomic E-state index is 13.3. The standard InChI is InChI=1S/C10H11BrFN.CH4/c11-9-2-1-8(10(12)4-9)3-7-5-13-6-7;/h1-2,4,7,13H,3,5-6H2;1H4. The monoisotopic (exact) mass is 259 g/mol. The smallest absolute Gasteiger partial charge is 0.127 e. The Morgan fingerprint density at radius 2 is 2.14 bits per heavy atom. The Labute approximate surface area is 92.8 Å². The number of nitrogens with one attached hydrogen (secondary N) is 1. The first-order valence-corrected chi connectivity index (χ1v) is 5.19.